The van der Waals surface area contributed by atoms with Crippen LogP contribution in [0.4, 0.5) is 0 Å². The first kappa shape index (κ1) is 16.4. The molecule has 0 amide bonds. The van der Waals surface area contributed by atoms with Gasteiger partial charge >= 0.3 is 5.97 Å². The number of likely N-dealkylation sites (N-methyl/N-ethyl adjacent to an activating group) is 1. The molecule has 0 aromatic carbocycles. The number of carbonyl (C=O) groups excluding carboxylic acids is 1. The average Bonchev–Trinajstić information content (AvgIpc) is 2.40. The third kappa shape index (κ3) is 8.22. The number of hydrogen-bond acceptors (Lipinski definition) is 4. The van der Waals surface area contributed by atoms with Gasteiger partial charge in [0.2, 0.25) is 0 Å². The van der Waals surface area contributed by atoms with Crippen molar-refractivity contribution in [2.24, 2.45) is 0 Å². The predicted octanol–water partition coefficient (Wildman–Crippen LogP) is 2.61. The quantitative estimate of drug-likeness (QED) is 0.477. The molecular formula is C15H29NO3. The van der Waals surface area contributed by atoms with E-state index in [0.29, 0.717) is 19.1 Å². The van der Waals surface area contributed by atoms with E-state index in [2.05, 4.69) is 11.9 Å². The normalized spacial score (nSPS) is 19.6. The van der Waals surface area contributed by atoms with E-state index in [9.17, 15) is 4.79 Å². The lowest BCUT2D eigenvalue weighted by Gasteiger charge is -2.27. The van der Waals surface area contributed by atoms with Crippen molar-refractivity contribution in [3.8, 4) is 0 Å². The molecule has 0 N–H and O–H groups in total. The van der Waals surface area contributed by atoms with Crippen LogP contribution in [0.5, 0.6) is 0 Å². The molecule has 19 heavy (non-hydrogen) atoms. The fourth-order valence-electron chi connectivity index (χ4n) is 2.45. The minimum Gasteiger partial charge on any atom is -0.466 e. The molecule has 1 aliphatic rings. The van der Waals surface area contributed by atoms with Crippen LogP contribution >= 0.6 is 0 Å². The van der Waals surface area contributed by atoms with Crippen molar-refractivity contribution < 1.29 is 14.3 Å². The van der Waals surface area contributed by atoms with Crippen molar-refractivity contribution in [3.63, 3.8) is 0 Å². The van der Waals surface area contributed by atoms with Crippen LogP contribution in [-0.2, 0) is 14.3 Å². The van der Waals surface area contributed by atoms with Gasteiger partial charge in [-0.25, -0.2) is 0 Å². The molecule has 112 valence electrons. The molecule has 0 spiro atoms. The van der Waals surface area contributed by atoms with Crippen LogP contribution in [0.1, 0.15) is 51.9 Å². The molecule has 0 bridgehead atoms. The molecule has 1 atom stereocenters. The molecule has 4 nitrogen and oxygen atoms in total. The highest BCUT2D eigenvalue weighted by molar-refractivity contribution is 5.69. The number of carbonyl (C=O) groups is 1. The predicted molar refractivity (Wildman–Crippen MR) is 76.2 cm³/mol. The summed E-state index contributed by atoms with van der Waals surface area (Å²) in [6.07, 6.45) is 7.88. The summed E-state index contributed by atoms with van der Waals surface area (Å²) in [4.78, 5) is 13.5. The molecule has 1 heterocycles. The van der Waals surface area contributed by atoms with Gasteiger partial charge in [0.05, 0.1) is 12.7 Å². The number of hydrogen-bond donors (Lipinski definition) is 0. The van der Waals surface area contributed by atoms with E-state index in [1.54, 1.807) is 0 Å². The Morgan fingerprint density at radius 1 is 1.32 bits per heavy atom. The molecule has 4 heteroatoms. The Morgan fingerprint density at radius 2 is 2.16 bits per heavy atom. The molecule has 0 saturated carbocycles. The van der Waals surface area contributed by atoms with Crippen molar-refractivity contribution in [2.75, 3.05) is 33.4 Å². The molecular weight excluding hydrogens is 242 g/mol. The topological polar surface area (TPSA) is 38.8 Å². The third-order valence-corrected chi connectivity index (χ3v) is 3.52. The van der Waals surface area contributed by atoms with Gasteiger partial charge in [0, 0.05) is 19.6 Å². The largest absolute Gasteiger partial charge is 0.466 e. The third-order valence-electron chi connectivity index (χ3n) is 3.52. The molecule has 1 fully saturated rings. The number of nitrogens with zero attached hydrogens (tertiary/aromatic N) is 1. The van der Waals surface area contributed by atoms with Gasteiger partial charge in [-0.05, 0) is 52.6 Å². The zero-order valence-electron chi connectivity index (χ0n) is 12.5. The monoisotopic (exact) mass is 271 g/mol. The summed E-state index contributed by atoms with van der Waals surface area (Å²) < 4.78 is 10.6. The maximum absolute atomic E-state index is 11.2. The SMILES string of the molecule is CCOC(=O)CCCCCN(C)CC1CCCCO1. The van der Waals surface area contributed by atoms with Crippen molar-refractivity contribution in [3.05, 3.63) is 0 Å². The van der Waals surface area contributed by atoms with Gasteiger partial charge in [-0.1, -0.05) is 6.42 Å². The van der Waals surface area contributed by atoms with Crippen LogP contribution in [0, 0.1) is 0 Å². The smallest absolute Gasteiger partial charge is 0.305 e. The fourth-order valence-corrected chi connectivity index (χ4v) is 2.45. The van der Waals surface area contributed by atoms with E-state index in [0.717, 1.165) is 39.0 Å². The first-order valence-electron chi connectivity index (χ1n) is 7.68. The second-order valence-corrected chi connectivity index (χ2v) is 5.37. The number of rotatable bonds is 9. The Bertz CT molecular complexity index is 240. The summed E-state index contributed by atoms with van der Waals surface area (Å²) in [7, 11) is 2.16. The minimum atomic E-state index is -0.0635. The summed E-state index contributed by atoms with van der Waals surface area (Å²) in [6.45, 7) is 5.39. The standard InChI is InChI=1S/C15H29NO3/c1-3-18-15(17)10-5-4-7-11-16(2)13-14-9-6-8-12-19-14/h14H,3-13H2,1-2H3. The first-order chi connectivity index (χ1) is 9.22. The summed E-state index contributed by atoms with van der Waals surface area (Å²) in [5.41, 5.74) is 0. The Hall–Kier alpha value is -0.610. The lowest BCUT2D eigenvalue weighted by atomic mass is 10.1. The number of ether oxygens (including phenoxy) is 2. The van der Waals surface area contributed by atoms with Crippen LogP contribution in [0.15, 0.2) is 0 Å². The summed E-state index contributed by atoms with van der Waals surface area (Å²) >= 11 is 0. The molecule has 0 aliphatic carbocycles. The highest BCUT2D eigenvalue weighted by Gasteiger charge is 2.15. The second kappa shape index (κ2) is 10.2. The van der Waals surface area contributed by atoms with Gasteiger partial charge in [-0.15, -0.1) is 0 Å². The van der Waals surface area contributed by atoms with E-state index in [1.807, 2.05) is 6.92 Å². The summed E-state index contributed by atoms with van der Waals surface area (Å²) in [6, 6.07) is 0. The van der Waals surface area contributed by atoms with Crippen LogP contribution in [-0.4, -0.2) is 50.3 Å². The highest BCUT2D eigenvalue weighted by Crippen LogP contribution is 2.13. The molecule has 0 aromatic heterocycles. The molecule has 1 saturated heterocycles. The van der Waals surface area contributed by atoms with Gasteiger partial charge in [-0.3, -0.25) is 4.79 Å². The van der Waals surface area contributed by atoms with Gasteiger partial charge in [0.1, 0.15) is 0 Å². The Labute approximate surface area is 117 Å². The van der Waals surface area contributed by atoms with Crippen LogP contribution < -0.4 is 0 Å². The van der Waals surface area contributed by atoms with E-state index in [1.165, 1.54) is 19.3 Å². The van der Waals surface area contributed by atoms with Gasteiger partial charge in [0.25, 0.3) is 0 Å². The molecule has 1 unspecified atom stereocenters. The average molecular weight is 271 g/mol. The van der Waals surface area contributed by atoms with Gasteiger partial charge < -0.3 is 14.4 Å². The van der Waals surface area contributed by atoms with Crippen LogP contribution in [0.2, 0.25) is 0 Å². The highest BCUT2D eigenvalue weighted by atomic mass is 16.5. The van der Waals surface area contributed by atoms with Crippen LogP contribution in [0.25, 0.3) is 0 Å². The number of unbranched alkanes of at least 4 members (excludes halogenated alkanes) is 2. The minimum absolute atomic E-state index is 0.0635. The zero-order valence-corrected chi connectivity index (χ0v) is 12.5. The first-order valence-corrected chi connectivity index (χ1v) is 7.68. The lowest BCUT2D eigenvalue weighted by Crippen LogP contribution is -2.33. The van der Waals surface area contributed by atoms with E-state index < -0.39 is 0 Å². The molecule has 0 aromatic rings. The summed E-state index contributed by atoms with van der Waals surface area (Å²) in [5, 5.41) is 0. The van der Waals surface area contributed by atoms with Crippen molar-refractivity contribution in [2.45, 2.75) is 58.0 Å². The van der Waals surface area contributed by atoms with Crippen molar-refractivity contribution >= 4 is 5.97 Å². The maximum Gasteiger partial charge on any atom is 0.305 e. The Kier molecular flexibility index (Phi) is 8.84. The second-order valence-electron chi connectivity index (χ2n) is 5.37. The summed E-state index contributed by atoms with van der Waals surface area (Å²) in [5.74, 6) is -0.0635. The fraction of sp³-hybridized carbons (Fsp3) is 0.933. The Balaban J connectivity index is 1.94. The van der Waals surface area contributed by atoms with Gasteiger partial charge in [0.15, 0.2) is 0 Å². The van der Waals surface area contributed by atoms with Gasteiger partial charge in [-0.2, -0.15) is 0 Å². The molecule has 1 rings (SSSR count). The molecule has 1 aliphatic heterocycles. The van der Waals surface area contributed by atoms with Crippen molar-refractivity contribution in [1.82, 2.24) is 4.90 Å². The maximum atomic E-state index is 11.2. The van der Waals surface area contributed by atoms with E-state index >= 15 is 0 Å². The molecule has 0 radical (unpaired) electrons. The lowest BCUT2D eigenvalue weighted by molar-refractivity contribution is -0.143. The Morgan fingerprint density at radius 3 is 2.84 bits per heavy atom. The number of esters is 1. The van der Waals surface area contributed by atoms with Crippen LogP contribution in [0.3, 0.4) is 0 Å². The van der Waals surface area contributed by atoms with E-state index in [-0.39, 0.29) is 5.97 Å². The van der Waals surface area contributed by atoms with E-state index in [4.69, 9.17) is 9.47 Å². The van der Waals surface area contributed by atoms with Crippen molar-refractivity contribution in [1.29, 1.82) is 0 Å². The zero-order chi connectivity index (χ0) is 13.9.